The van der Waals surface area contributed by atoms with Gasteiger partial charge in [-0.05, 0) is 46.5 Å². The van der Waals surface area contributed by atoms with Crippen molar-refractivity contribution < 1.29 is 48.2 Å². The fourth-order valence-corrected chi connectivity index (χ4v) is 4.78. The molecule has 2 N–H and O–H groups in total. The number of carbonyl (C=O) groups excluding carboxylic acids is 2. The molecule has 10 heteroatoms. The van der Waals surface area contributed by atoms with E-state index in [1.807, 2.05) is 60.7 Å². The minimum Gasteiger partial charge on any atom is -0.465 e. The summed E-state index contributed by atoms with van der Waals surface area (Å²) in [4.78, 5) is 23.7. The summed E-state index contributed by atoms with van der Waals surface area (Å²) in [6.07, 6.45) is -4.77. The molecule has 254 valence electrons. The van der Waals surface area contributed by atoms with E-state index in [1.165, 1.54) is 14.2 Å². The van der Waals surface area contributed by atoms with Crippen LogP contribution in [-0.4, -0.2) is 74.0 Å². The molecule has 0 fully saturated rings. The Labute approximate surface area is 280 Å². The minimum absolute atomic E-state index is 0.0278. The summed E-state index contributed by atoms with van der Waals surface area (Å²) in [6.45, 7) is 0.651. The first-order valence-corrected chi connectivity index (χ1v) is 15.5. The topological polar surface area (TPSA) is 130 Å². The smallest absolute Gasteiger partial charge is 0.337 e. The van der Waals surface area contributed by atoms with Crippen LogP contribution >= 0.6 is 0 Å². The number of ether oxygens (including phenoxy) is 6. The second-order valence-electron chi connectivity index (χ2n) is 11.1. The molecule has 0 bridgehead atoms. The lowest BCUT2D eigenvalue weighted by molar-refractivity contribution is -0.170. The van der Waals surface area contributed by atoms with Gasteiger partial charge >= 0.3 is 11.9 Å². The second kappa shape index (κ2) is 19.4. The lowest BCUT2D eigenvalue weighted by Crippen LogP contribution is -2.49. The Hall–Kier alpha value is -4.42. The molecule has 0 saturated carbocycles. The van der Waals surface area contributed by atoms with Crippen LogP contribution in [0.5, 0.6) is 0 Å². The summed E-state index contributed by atoms with van der Waals surface area (Å²) in [5.74, 6) is -0.902. The molecular weight excluding hydrogens is 616 g/mol. The third-order valence-electron chi connectivity index (χ3n) is 7.58. The van der Waals surface area contributed by atoms with Crippen LogP contribution in [0.3, 0.4) is 0 Å². The molecule has 0 aliphatic carbocycles. The van der Waals surface area contributed by atoms with Crippen molar-refractivity contribution in [2.24, 2.45) is 0 Å². The fraction of sp³-hybridized carbons (Fsp3) is 0.316. The van der Waals surface area contributed by atoms with Crippen LogP contribution in [0.25, 0.3) is 0 Å². The predicted molar refractivity (Wildman–Crippen MR) is 177 cm³/mol. The number of esters is 2. The summed E-state index contributed by atoms with van der Waals surface area (Å²) in [5.41, 5.74) is 4.17. The van der Waals surface area contributed by atoms with E-state index in [4.69, 9.17) is 28.4 Å². The van der Waals surface area contributed by atoms with Crippen molar-refractivity contribution in [3.8, 4) is 0 Å². The highest BCUT2D eigenvalue weighted by Crippen LogP contribution is 2.18. The number of aliphatic hydroxyl groups is 2. The van der Waals surface area contributed by atoms with Crippen molar-refractivity contribution in [3.63, 3.8) is 0 Å². The van der Waals surface area contributed by atoms with Gasteiger partial charge in [0.05, 0.1) is 65.0 Å². The molecule has 0 radical (unpaired) electrons. The number of hydrogen-bond donors (Lipinski definition) is 2. The molecule has 4 rings (SSSR count). The Bertz CT molecular complexity index is 1390. The zero-order valence-electron chi connectivity index (χ0n) is 27.1. The first-order chi connectivity index (χ1) is 23.4. The zero-order chi connectivity index (χ0) is 34.1. The highest BCUT2D eigenvalue weighted by Gasteiger charge is 2.34. The third kappa shape index (κ3) is 11.4. The van der Waals surface area contributed by atoms with Crippen LogP contribution in [0.4, 0.5) is 0 Å². The van der Waals surface area contributed by atoms with E-state index in [0.29, 0.717) is 11.1 Å². The largest absolute Gasteiger partial charge is 0.465 e. The van der Waals surface area contributed by atoms with E-state index < -0.39 is 36.4 Å². The van der Waals surface area contributed by atoms with Gasteiger partial charge in [-0.3, -0.25) is 0 Å². The lowest BCUT2D eigenvalue weighted by atomic mass is 10.0. The SMILES string of the molecule is COC(=O)c1ccc(COC(COCc2ccccc2)C(O)C(O)C(COCc2ccccc2)OCc2ccc(C(=O)OC)cc2)cc1. The molecule has 48 heavy (non-hydrogen) atoms. The Balaban J connectivity index is 1.47. The maximum absolute atomic E-state index is 11.8. The minimum atomic E-state index is -1.43. The van der Waals surface area contributed by atoms with Gasteiger partial charge in [-0.15, -0.1) is 0 Å². The highest BCUT2D eigenvalue weighted by atomic mass is 16.6. The maximum atomic E-state index is 11.8. The Kier molecular flexibility index (Phi) is 14.7. The standard InChI is InChI=1S/C38H42O10/c1-43-37(41)31-17-13-29(14-18-31)23-47-33(25-45-21-27-9-5-3-6-10-27)35(39)36(40)34(26-46-22-28-11-7-4-8-12-28)48-24-30-15-19-32(20-16-30)38(42)44-2/h3-20,33-36,39-40H,21-26H2,1-2H3. The van der Waals surface area contributed by atoms with Gasteiger partial charge < -0.3 is 38.6 Å². The van der Waals surface area contributed by atoms with Crippen molar-refractivity contribution >= 4 is 11.9 Å². The van der Waals surface area contributed by atoms with Crippen molar-refractivity contribution in [1.29, 1.82) is 0 Å². The predicted octanol–water partition coefficient (Wildman–Crippen LogP) is 4.89. The van der Waals surface area contributed by atoms with Gasteiger partial charge in [0.2, 0.25) is 0 Å². The van der Waals surface area contributed by atoms with Crippen molar-refractivity contribution in [2.75, 3.05) is 27.4 Å². The van der Waals surface area contributed by atoms with Crippen molar-refractivity contribution in [2.45, 2.75) is 50.8 Å². The number of aliphatic hydroxyl groups excluding tert-OH is 2. The maximum Gasteiger partial charge on any atom is 0.337 e. The quantitative estimate of drug-likeness (QED) is 0.134. The zero-order valence-corrected chi connectivity index (χ0v) is 27.1. The summed E-state index contributed by atoms with van der Waals surface area (Å²) >= 11 is 0. The molecule has 4 aromatic carbocycles. The third-order valence-corrected chi connectivity index (χ3v) is 7.58. The van der Waals surface area contributed by atoms with Crippen LogP contribution in [0.1, 0.15) is 43.0 Å². The van der Waals surface area contributed by atoms with Gasteiger partial charge in [-0.25, -0.2) is 9.59 Å². The molecule has 0 saturated heterocycles. The number of hydrogen-bond acceptors (Lipinski definition) is 10. The summed E-state index contributed by atoms with van der Waals surface area (Å²) in [7, 11) is 2.63. The fourth-order valence-electron chi connectivity index (χ4n) is 4.78. The molecular formula is C38H42O10. The first kappa shape index (κ1) is 36.4. The van der Waals surface area contributed by atoms with Gasteiger partial charge in [-0.2, -0.15) is 0 Å². The normalized spacial score (nSPS) is 13.7. The highest BCUT2D eigenvalue weighted by molar-refractivity contribution is 5.89. The molecule has 4 aromatic rings. The van der Waals surface area contributed by atoms with Crippen LogP contribution in [0.15, 0.2) is 109 Å². The number of methoxy groups -OCH3 is 2. The van der Waals surface area contributed by atoms with Gasteiger partial charge in [0.1, 0.15) is 24.4 Å². The molecule has 4 unspecified atom stereocenters. The van der Waals surface area contributed by atoms with E-state index in [1.54, 1.807) is 48.5 Å². The molecule has 0 spiro atoms. The second-order valence-corrected chi connectivity index (χ2v) is 11.1. The van der Waals surface area contributed by atoms with Crippen LogP contribution < -0.4 is 0 Å². The lowest BCUT2D eigenvalue weighted by Gasteiger charge is -2.32. The molecule has 0 amide bonds. The summed E-state index contributed by atoms with van der Waals surface area (Å²) in [5, 5.41) is 23.0. The van der Waals surface area contributed by atoms with E-state index in [-0.39, 0.29) is 39.6 Å². The molecule has 10 nitrogen and oxygen atoms in total. The van der Waals surface area contributed by atoms with Crippen molar-refractivity contribution in [3.05, 3.63) is 143 Å². The number of rotatable bonds is 19. The van der Waals surface area contributed by atoms with Crippen molar-refractivity contribution in [1.82, 2.24) is 0 Å². The van der Waals surface area contributed by atoms with Gasteiger partial charge in [0.25, 0.3) is 0 Å². The monoisotopic (exact) mass is 658 g/mol. The van der Waals surface area contributed by atoms with E-state index >= 15 is 0 Å². The van der Waals surface area contributed by atoms with E-state index in [9.17, 15) is 19.8 Å². The van der Waals surface area contributed by atoms with E-state index in [0.717, 1.165) is 22.3 Å². The van der Waals surface area contributed by atoms with Gasteiger partial charge in [0, 0.05) is 0 Å². The molecule has 0 aliphatic rings. The molecule has 0 aliphatic heterocycles. The molecule has 0 aromatic heterocycles. The number of carbonyl (C=O) groups is 2. The van der Waals surface area contributed by atoms with Gasteiger partial charge in [0.15, 0.2) is 0 Å². The van der Waals surface area contributed by atoms with Crippen LogP contribution in [-0.2, 0) is 54.8 Å². The van der Waals surface area contributed by atoms with Crippen LogP contribution in [0.2, 0.25) is 0 Å². The Morgan fingerprint density at radius 1 is 0.500 bits per heavy atom. The average Bonchev–Trinajstić information content (AvgIpc) is 3.14. The average molecular weight is 659 g/mol. The summed E-state index contributed by atoms with van der Waals surface area (Å²) < 4.78 is 33.6. The Morgan fingerprint density at radius 3 is 1.17 bits per heavy atom. The molecule has 0 heterocycles. The van der Waals surface area contributed by atoms with Crippen LogP contribution in [0, 0.1) is 0 Å². The number of benzene rings is 4. The Morgan fingerprint density at radius 2 is 0.833 bits per heavy atom. The van der Waals surface area contributed by atoms with E-state index in [2.05, 4.69) is 0 Å². The van der Waals surface area contributed by atoms with Gasteiger partial charge in [-0.1, -0.05) is 84.9 Å². The first-order valence-electron chi connectivity index (χ1n) is 15.5. The molecule has 4 atom stereocenters. The summed E-state index contributed by atoms with van der Waals surface area (Å²) in [6, 6.07) is 32.6.